The molecule has 2 nitrogen and oxygen atoms in total. The normalized spacial score (nSPS) is 20.8. The zero-order valence-corrected chi connectivity index (χ0v) is 6.91. The van der Waals surface area contributed by atoms with E-state index in [9.17, 15) is 5.11 Å². The lowest BCUT2D eigenvalue weighted by molar-refractivity contribution is 0.240. The molecule has 1 aromatic carbocycles. The maximum atomic E-state index is 9.45. The summed E-state index contributed by atoms with van der Waals surface area (Å²) in [5.41, 5.74) is 3.09. The Hall–Kier alpha value is -1.28. The minimum absolute atomic E-state index is 0.528. The van der Waals surface area contributed by atoms with Crippen molar-refractivity contribution >= 4 is 11.8 Å². The van der Waals surface area contributed by atoms with Gasteiger partial charge < -0.3 is 10.4 Å². The largest absolute Gasteiger partial charge is 0.370 e. The van der Waals surface area contributed by atoms with Gasteiger partial charge in [-0.2, -0.15) is 0 Å². The molecule has 12 heavy (non-hydrogen) atoms. The molecule has 2 N–H and O–H groups in total. The van der Waals surface area contributed by atoms with Gasteiger partial charge in [-0.15, -0.1) is 0 Å². The molecule has 0 bridgehead atoms. The summed E-state index contributed by atoms with van der Waals surface area (Å²) in [5, 5.41) is 12.4. The average molecular weight is 161 g/mol. The van der Waals surface area contributed by atoms with Crippen molar-refractivity contribution < 1.29 is 5.11 Å². The van der Waals surface area contributed by atoms with Gasteiger partial charge in [0.05, 0.1) is 0 Å². The number of aliphatic hydroxyl groups excluding tert-OH is 1. The Morgan fingerprint density at radius 3 is 2.92 bits per heavy atom. The van der Waals surface area contributed by atoms with Gasteiger partial charge in [-0.25, -0.2) is 0 Å². The molecule has 0 saturated carbocycles. The van der Waals surface area contributed by atoms with Crippen LogP contribution in [0, 0.1) is 0 Å². The van der Waals surface area contributed by atoms with E-state index in [0.29, 0.717) is 0 Å². The molecule has 0 radical (unpaired) electrons. The van der Waals surface area contributed by atoms with E-state index in [2.05, 4.69) is 5.32 Å². The fraction of sp³-hybridized carbons (Fsp3) is 0.200. The van der Waals surface area contributed by atoms with E-state index in [-0.39, 0.29) is 0 Å². The minimum atomic E-state index is -0.528. The van der Waals surface area contributed by atoms with Gasteiger partial charge in [0.15, 0.2) is 0 Å². The molecule has 2 rings (SSSR count). The summed E-state index contributed by atoms with van der Waals surface area (Å²) in [5.74, 6) is 0. The van der Waals surface area contributed by atoms with Crippen LogP contribution in [0.5, 0.6) is 0 Å². The molecule has 2 heteroatoms. The molecule has 1 unspecified atom stereocenters. The van der Waals surface area contributed by atoms with Crippen LogP contribution in [-0.2, 0) is 0 Å². The van der Waals surface area contributed by atoms with Gasteiger partial charge in [-0.1, -0.05) is 18.2 Å². The van der Waals surface area contributed by atoms with E-state index in [1.54, 1.807) is 0 Å². The highest BCUT2D eigenvalue weighted by Gasteiger charge is 2.13. The van der Waals surface area contributed by atoms with Crippen LogP contribution in [0.4, 0.5) is 5.69 Å². The van der Waals surface area contributed by atoms with Gasteiger partial charge in [0.25, 0.3) is 0 Å². The quantitative estimate of drug-likeness (QED) is 0.608. The summed E-state index contributed by atoms with van der Waals surface area (Å²) >= 11 is 0. The van der Waals surface area contributed by atoms with Crippen LogP contribution in [0.15, 0.2) is 29.8 Å². The number of hydrogen-bond acceptors (Lipinski definition) is 2. The van der Waals surface area contributed by atoms with E-state index in [4.69, 9.17) is 0 Å². The van der Waals surface area contributed by atoms with E-state index in [1.165, 1.54) is 0 Å². The number of rotatable bonds is 0. The van der Waals surface area contributed by atoms with Crippen molar-refractivity contribution in [3.8, 4) is 0 Å². The summed E-state index contributed by atoms with van der Waals surface area (Å²) in [6.45, 7) is 1.91. The second-order valence-electron chi connectivity index (χ2n) is 3.02. The van der Waals surface area contributed by atoms with Crippen LogP contribution >= 0.6 is 0 Å². The zero-order chi connectivity index (χ0) is 8.55. The fourth-order valence-electron chi connectivity index (χ4n) is 1.34. The molecule has 1 aromatic rings. The lowest BCUT2D eigenvalue weighted by Crippen LogP contribution is -2.23. The molecule has 0 spiro atoms. The Kier molecular flexibility index (Phi) is 1.62. The smallest absolute Gasteiger partial charge is 0.146 e. The number of anilines is 1. The Bertz CT molecular complexity index is 330. The van der Waals surface area contributed by atoms with Crippen LogP contribution in [0.25, 0.3) is 6.08 Å². The summed E-state index contributed by atoms with van der Waals surface area (Å²) in [4.78, 5) is 0. The fourth-order valence-corrected chi connectivity index (χ4v) is 1.34. The van der Waals surface area contributed by atoms with Gasteiger partial charge in [-0.05, 0) is 30.2 Å². The standard InChI is InChI=1S/C10H11NO/c1-7-6-8-4-2-3-5-9(8)11-10(7)12/h2-6,10-12H,1H3. The summed E-state index contributed by atoms with van der Waals surface area (Å²) < 4.78 is 0. The molecule has 0 amide bonds. The summed E-state index contributed by atoms with van der Waals surface area (Å²) in [6, 6.07) is 7.92. The number of benzene rings is 1. The summed E-state index contributed by atoms with van der Waals surface area (Å²) in [7, 11) is 0. The number of hydrogen-bond donors (Lipinski definition) is 2. The first kappa shape index (κ1) is 7.37. The molecule has 1 heterocycles. The maximum Gasteiger partial charge on any atom is 0.146 e. The third kappa shape index (κ3) is 1.10. The number of fused-ring (bicyclic) bond motifs is 1. The van der Waals surface area contributed by atoms with Crippen molar-refractivity contribution in [2.24, 2.45) is 0 Å². The second-order valence-corrected chi connectivity index (χ2v) is 3.02. The average Bonchev–Trinajstić information content (AvgIpc) is 2.07. The summed E-state index contributed by atoms with van der Waals surface area (Å²) in [6.07, 6.45) is 1.47. The predicted octanol–water partition coefficient (Wildman–Crippen LogP) is 1.83. The van der Waals surface area contributed by atoms with Crippen molar-refractivity contribution in [2.75, 3.05) is 5.32 Å². The van der Waals surface area contributed by atoms with Gasteiger partial charge in [-0.3, -0.25) is 0 Å². The molecule has 0 aliphatic carbocycles. The molecular weight excluding hydrogens is 150 g/mol. The molecule has 0 fully saturated rings. The predicted molar refractivity (Wildman–Crippen MR) is 49.7 cm³/mol. The third-order valence-electron chi connectivity index (χ3n) is 2.07. The third-order valence-corrected chi connectivity index (χ3v) is 2.07. The molecule has 1 aliphatic rings. The SMILES string of the molecule is CC1=Cc2ccccc2NC1O. The Morgan fingerprint density at radius 2 is 2.08 bits per heavy atom. The lowest BCUT2D eigenvalue weighted by Gasteiger charge is -2.21. The molecule has 0 aromatic heterocycles. The van der Waals surface area contributed by atoms with E-state index >= 15 is 0 Å². The van der Waals surface area contributed by atoms with Gasteiger partial charge in [0.2, 0.25) is 0 Å². The topological polar surface area (TPSA) is 32.3 Å². The van der Waals surface area contributed by atoms with E-state index in [0.717, 1.165) is 16.8 Å². The Morgan fingerprint density at radius 1 is 1.33 bits per heavy atom. The molecule has 1 atom stereocenters. The Balaban J connectivity index is 2.49. The van der Waals surface area contributed by atoms with Gasteiger partial charge in [0, 0.05) is 5.69 Å². The van der Waals surface area contributed by atoms with Crippen molar-refractivity contribution in [1.82, 2.24) is 0 Å². The first-order valence-corrected chi connectivity index (χ1v) is 3.99. The van der Waals surface area contributed by atoms with Crippen molar-refractivity contribution in [1.29, 1.82) is 0 Å². The molecule has 1 aliphatic heterocycles. The van der Waals surface area contributed by atoms with Crippen LogP contribution < -0.4 is 5.32 Å². The molecule has 0 saturated heterocycles. The van der Waals surface area contributed by atoms with Crippen LogP contribution in [0.3, 0.4) is 0 Å². The highest BCUT2D eigenvalue weighted by Crippen LogP contribution is 2.25. The number of nitrogens with one attached hydrogen (secondary N) is 1. The van der Waals surface area contributed by atoms with E-state index < -0.39 is 6.23 Å². The van der Waals surface area contributed by atoms with Gasteiger partial charge in [0.1, 0.15) is 6.23 Å². The maximum absolute atomic E-state index is 9.45. The van der Waals surface area contributed by atoms with Crippen LogP contribution in [-0.4, -0.2) is 11.3 Å². The second kappa shape index (κ2) is 2.64. The van der Waals surface area contributed by atoms with Crippen LogP contribution in [0.2, 0.25) is 0 Å². The van der Waals surface area contributed by atoms with Crippen molar-refractivity contribution in [2.45, 2.75) is 13.2 Å². The Labute approximate surface area is 71.5 Å². The number of para-hydroxylation sites is 1. The lowest BCUT2D eigenvalue weighted by atomic mass is 10.0. The monoisotopic (exact) mass is 161 g/mol. The highest BCUT2D eigenvalue weighted by molar-refractivity contribution is 5.72. The van der Waals surface area contributed by atoms with Crippen molar-refractivity contribution in [3.05, 3.63) is 35.4 Å². The zero-order valence-electron chi connectivity index (χ0n) is 6.91. The van der Waals surface area contributed by atoms with Gasteiger partial charge >= 0.3 is 0 Å². The molecule has 62 valence electrons. The minimum Gasteiger partial charge on any atom is -0.370 e. The molecular formula is C10H11NO. The number of aliphatic hydroxyl groups is 1. The van der Waals surface area contributed by atoms with Crippen molar-refractivity contribution in [3.63, 3.8) is 0 Å². The van der Waals surface area contributed by atoms with Crippen LogP contribution in [0.1, 0.15) is 12.5 Å². The first-order valence-electron chi connectivity index (χ1n) is 3.99. The first-order chi connectivity index (χ1) is 5.77. The highest BCUT2D eigenvalue weighted by atomic mass is 16.3. The van der Waals surface area contributed by atoms with E-state index in [1.807, 2.05) is 37.3 Å².